The summed E-state index contributed by atoms with van der Waals surface area (Å²) in [6.07, 6.45) is 1.46. The van der Waals surface area contributed by atoms with Crippen molar-refractivity contribution in [3.8, 4) is 0 Å². The second-order valence-corrected chi connectivity index (χ2v) is 5.79. The molecule has 0 fully saturated rings. The van der Waals surface area contributed by atoms with Crippen LogP contribution in [-0.4, -0.2) is 31.4 Å². The normalized spacial score (nSPS) is 10.2. The van der Waals surface area contributed by atoms with Crippen LogP contribution >= 0.6 is 11.8 Å². The van der Waals surface area contributed by atoms with Crippen LogP contribution in [0.5, 0.6) is 0 Å². The molecule has 0 aliphatic carbocycles. The van der Waals surface area contributed by atoms with Gasteiger partial charge in [0.1, 0.15) is 0 Å². The maximum Gasteiger partial charge on any atom is 0.220 e. The second-order valence-electron chi connectivity index (χ2n) is 4.62. The molecule has 110 valence electrons. The van der Waals surface area contributed by atoms with Gasteiger partial charge >= 0.3 is 0 Å². The average molecular weight is 293 g/mol. The van der Waals surface area contributed by atoms with Crippen LogP contribution in [0.4, 0.5) is 0 Å². The molecule has 0 aliphatic rings. The number of thioether (sulfide) groups is 1. The highest BCUT2D eigenvalue weighted by molar-refractivity contribution is 7.99. The number of amides is 1. The fourth-order valence-electron chi connectivity index (χ4n) is 1.54. The Hall–Kier alpha value is -1.26. The van der Waals surface area contributed by atoms with E-state index in [-0.39, 0.29) is 5.91 Å². The smallest absolute Gasteiger partial charge is 0.220 e. The lowest BCUT2D eigenvalue weighted by Gasteiger charge is -2.06. The molecule has 3 nitrogen and oxygen atoms in total. The fourth-order valence-corrected chi connectivity index (χ4v) is 2.41. The number of nitrogens with one attached hydrogen (secondary N) is 1. The van der Waals surface area contributed by atoms with Crippen molar-refractivity contribution in [1.29, 1.82) is 0 Å². The van der Waals surface area contributed by atoms with Crippen molar-refractivity contribution in [3.63, 3.8) is 0 Å². The van der Waals surface area contributed by atoms with Crippen molar-refractivity contribution >= 4 is 17.7 Å². The van der Waals surface area contributed by atoms with Crippen molar-refractivity contribution in [2.75, 3.05) is 25.5 Å². The van der Waals surface area contributed by atoms with E-state index in [2.05, 4.69) is 24.0 Å². The molecule has 1 rings (SSSR count). The molecule has 4 heteroatoms. The summed E-state index contributed by atoms with van der Waals surface area (Å²) in [5.41, 5.74) is 0.995. The molecule has 0 heterocycles. The molecule has 0 bridgehead atoms. The predicted molar refractivity (Wildman–Crippen MR) is 85.0 cm³/mol. The van der Waals surface area contributed by atoms with Gasteiger partial charge < -0.3 is 10.1 Å². The van der Waals surface area contributed by atoms with Gasteiger partial charge in [-0.25, -0.2) is 0 Å². The van der Waals surface area contributed by atoms with Crippen LogP contribution < -0.4 is 5.32 Å². The molecule has 0 atom stereocenters. The molecule has 0 unspecified atom stereocenters. The lowest BCUT2D eigenvalue weighted by atomic mass is 10.3. The van der Waals surface area contributed by atoms with Crippen molar-refractivity contribution in [2.24, 2.45) is 0 Å². The van der Waals surface area contributed by atoms with Gasteiger partial charge in [-0.15, -0.1) is 11.8 Å². The van der Waals surface area contributed by atoms with E-state index in [9.17, 15) is 4.79 Å². The summed E-state index contributed by atoms with van der Waals surface area (Å²) in [5.74, 6) is 1.06. The lowest BCUT2D eigenvalue weighted by molar-refractivity contribution is -0.121. The molecule has 1 N–H and O–H groups in total. The zero-order valence-electron chi connectivity index (χ0n) is 12.1. The van der Waals surface area contributed by atoms with E-state index >= 15 is 0 Å². The molecule has 0 spiro atoms. The third kappa shape index (κ3) is 8.77. The van der Waals surface area contributed by atoms with Gasteiger partial charge in [-0.2, -0.15) is 0 Å². The van der Waals surface area contributed by atoms with Crippen LogP contribution in [0.3, 0.4) is 0 Å². The van der Waals surface area contributed by atoms with Crippen molar-refractivity contribution in [3.05, 3.63) is 42.5 Å². The Morgan fingerprint density at radius 3 is 2.80 bits per heavy atom. The van der Waals surface area contributed by atoms with Gasteiger partial charge in [0.25, 0.3) is 0 Å². The summed E-state index contributed by atoms with van der Waals surface area (Å²) in [4.78, 5) is 12.8. The third-order valence-electron chi connectivity index (χ3n) is 2.48. The molecule has 1 aromatic carbocycles. The van der Waals surface area contributed by atoms with Crippen molar-refractivity contribution in [1.82, 2.24) is 5.32 Å². The highest BCUT2D eigenvalue weighted by Crippen LogP contribution is 2.18. The molecule has 1 amide bonds. The summed E-state index contributed by atoms with van der Waals surface area (Å²) in [6.45, 7) is 7.33. The van der Waals surface area contributed by atoms with E-state index in [4.69, 9.17) is 4.74 Å². The molecule has 20 heavy (non-hydrogen) atoms. The van der Waals surface area contributed by atoms with Gasteiger partial charge in [0.2, 0.25) is 5.91 Å². The molecule has 0 saturated carbocycles. The Morgan fingerprint density at radius 1 is 1.35 bits per heavy atom. The van der Waals surface area contributed by atoms with E-state index in [1.165, 1.54) is 4.90 Å². The van der Waals surface area contributed by atoms with Crippen LogP contribution in [0.15, 0.2) is 47.4 Å². The number of carbonyl (C=O) groups excluding carboxylic acids is 1. The SMILES string of the molecule is C=C(C)COCCNC(=O)CCCSc1ccccc1. The number of benzene rings is 1. The quantitative estimate of drug-likeness (QED) is 0.409. The van der Waals surface area contributed by atoms with Crippen molar-refractivity contribution < 1.29 is 9.53 Å². The number of carbonyl (C=O) groups is 1. The summed E-state index contributed by atoms with van der Waals surface area (Å²) in [5, 5.41) is 2.85. The van der Waals surface area contributed by atoms with Gasteiger partial charge in [0.15, 0.2) is 0 Å². The first-order chi connectivity index (χ1) is 9.68. The van der Waals surface area contributed by atoms with Crippen LogP contribution in [0.25, 0.3) is 0 Å². The van der Waals surface area contributed by atoms with Crippen LogP contribution in [-0.2, 0) is 9.53 Å². The largest absolute Gasteiger partial charge is 0.375 e. The standard InChI is InChI=1S/C16H23NO2S/c1-14(2)13-19-11-10-17-16(18)9-6-12-20-15-7-4-3-5-8-15/h3-5,7-8H,1,6,9-13H2,2H3,(H,17,18). The van der Waals surface area contributed by atoms with Crippen LogP contribution in [0.1, 0.15) is 19.8 Å². The first kappa shape index (κ1) is 16.8. The molecular weight excluding hydrogens is 270 g/mol. The minimum atomic E-state index is 0.0950. The fraction of sp³-hybridized carbons (Fsp3) is 0.438. The average Bonchev–Trinajstić information content (AvgIpc) is 2.44. The third-order valence-corrected chi connectivity index (χ3v) is 3.58. The number of rotatable bonds is 10. The van der Waals surface area contributed by atoms with Crippen LogP contribution in [0.2, 0.25) is 0 Å². The minimum absolute atomic E-state index is 0.0950. The highest BCUT2D eigenvalue weighted by Gasteiger charge is 2.01. The Morgan fingerprint density at radius 2 is 2.10 bits per heavy atom. The van der Waals surface area contributed by atoms with E-state index < -0.39 is 0 Å². The summed E-state index contributed by atoms with van der Waals surface area (Å²) < 4.78 is 5.31. The second kappa shape index (κ2) is 10.5. The van der Waals surface area contributed by atoms with E-state index in [0.29, 0.717) is 26.2 Å². The molecule has 0 aromatic heterocycles. The summed E-state index contributed by atoms with van der Waals surface area (Å²) in [6, 6.07) is 10.2. The Labute approximate surface area is 125 Å². The Kier molecular flexibility index (Phi) is 8.83. The Bertz CT molecular complexity index is 406. The maximum atomic E-state index is 11.6. The minimum Gasteiger partial charge on any atom is -0.375 e. The number of ether oxygens (including phenoxy) is 1. The van der Waals surface area contributed by atoms with Gasteiger partial charge in [-0.3, -0.25) is 4.79 Å². The lowest BCUT2D eigenvalue weighted by Crippen LogP contribution is -2.27. The van der Waals surface area contributed by atoms with E-state index in [0.717, 1.165) is 17.7 Å². The predicted octanol–water partition coefficient (Wildman–Crippen LogP) is 3.27. The zero-order chi connectivity index (χ0) is 14.6. The molecule has 1 aromatic rings. The number of hydrogen-bond donors (Lipinski definition) is 1. The number of hydrogen-bond acceptors (Lipinski definition) is 3. The molecular formula is C16H23NO2S. The summed E-state index contributed by atoms with van der Waals surface area (Å²) >= 11 is 1.78. The maximum absolute atomic E-state index is 11.6. The molecule has 0 saturated heterocycles. The van der Waals surface area contributed by atoms with Crippen LogP contribution in [0, 0.1) is 0 Å². The van der Waals surface area contributed by atoms with Gasteiger partial charge in [-0.05, 0) is 31.2 Å². The summed E-state index contributed by atoms with van der Waals surface area (Å²) in [7, 11) is 0. The Balaban J connectivity index is 1.96. The van der Waals surface area contributed by atoms with Gasteiger partial charge in [0.05, 0.1) is 13.2 Å². The van der Waals surface area contributed by atoms with E-state index in [1.54, 1.807) is 11.8 Å². The first-order valence-electron chi connectivity index (χ1n) is 6.85. The van der Waals surface area contributed by atoms with Gasteiger partial charge in [-0.1, -0.05) is 30.4 Å². The molecule has 0 aliphatic heterocycles. The monoisotopic (exact) mass is 293 g/mol. The zero-order valence-corrected chi connectivity index (χ0v) is 12.9. The molecule has 0 radical (unpaired) electrons. The first-order valence-corrected chi connectivity index (χ1v) is 7.83. The van der Waals surface area contributed by atoms with Gasteiger partial charge in [0, 0.05) is 17.9 Å². The topological polar surface area (TPSA) is 38.3 Å². The van der Waals surface area contributed by atoms with E-state index in [1.807, 2.05) is 25.1 Å². The van der Waals surface area contributed by atoms with Crippen molar-refractivity contribution in [2.45, 2.75) is 24.7 Å². The highest BCUT2D eigenvalue weighted by atomic mass is 32.2.